The fourth-order valence-corrected chi connectivity index (χ4v) is 1.37. The summed E-state index contributed by atoms with van der Waals surface area (Å²) in [6.45, 7) is 6.83. The third kappa shape index (κ3) is 5.50. The minimum absolute atomic E-state index is 0.0245. The highest BCUT2D eigenvalue weighted by Crippen LogP contribution is 2.27. The Kier molecular flexibility index (Phi) is 7.01. The van der Waals surface area contributed by atoms with Crippen LogP contribution in [-0.4, -0.2) is 44.0 Å². The van der Waals surface area contributed by atoms with E-state index in [0.717, 1.165) is 13.1 Å². The summed E-state index contributed by atoms with van der Waals surface area (Å²) in [4.78, 5) is 2.08. The second-order valence-corrected chi connectivity index (χ2v) is 3.30. The van der Waals surface area contributed by atoms with Crippen LogP contribution in [0.4, 0.5) is 8.78 Å². The smallest absolute Gasteiger partial charge is 0.250 e. The van der Waals surface area contributed by atoms with Crippen LogP contribution in [0.25, 0.3) is 0 Å². The van der Waals surface area contributed by atoms with Crippen molar-refractivity contribution >= 4 is 0 Å². The number of likely N-dealkylation sites (tertiary alicyclic amines) is 1. The molecule has 0 radical (unpaired) electrons. The molecule has 0 spiro atoms. The highest BCUT2D eigenvalue weighted by molar-refractivity contribution is 4.77. The summed E-state index contributed by atoms with van der Waals surface area (Å²) in [5.41, 5.74) is 0. The van der Waals surface area contributed by atoms with E-state index in [9.17, 15) is 8.78 Å². The van der Waals surface area contributed by atoms with Crippen LogP contribution >= 0.6 is 0 Å². The Morgan fingerprint density at radius 3 is 2.14 bits per heavy atom. The van der Waals surface area contributed by atoms with Gasteiger partial charge in [0.25, 0.3) is 5.92 Å². The van der Waals surface area contributed by atoms with Gasteiger partial charge < -0.3 is 10.2 Å². The van der Waals surface area contributed by atoms with Gasteiger partial charge in [0, 0.05) is 39.0 Å². The molecule has 0 aromatic carbocycles. The number of piperidine rings is 1. The van der Waals surface area contributed by atoms with E-state index in [-0.39, 0.29) is 12.8 Å². The molecule has 1 saturated heterocycles. The summed E-state index contributed by atoms with van der Waals surface area (Å²) < 4.78 is 25.3. The molecular weight excluding hydrogens is 186 g/mol. The van der Waals surface area contributed by atoms with Crippen LogP contribution < -0.4 is 5.32 Å². The highest BCUT2D eigenvalue weighted by Gasteiger charge is 2.33. The first-order valence-corrected chi connectivity index (χ1v) is 5.39. The van der Waals surface area contributed by atoms with Gasteiger partial charge in [0.15, 0.2) is 0 Å². The van der Waals surface area contributed by atoms with Crippen LogP contribution in [-0.2, 0) is 0 Å². The van der Waals surface area contributed by atoms with E-state index in [1.165, 1.54) is 0 Å². The Morgan fingerprint density at radius 2 is 1.71 bits per heavy atom. The van der Waals surface area contributed by atoms with Gasteiger partial charge in [0.1, 0.15) is 0 Å². The molecule has 1 heterocycles. The number of hydrogen-bond acceptors (Lipinski definition) is 2. The Bertz CT molecular complexity index is 130. The lowest BCUT2D eigenvalue weighted by Crippen LogP contribution is -2.41. The molecule has 14 heavy (non-hydrogen) atoms. The molecule has 1 rings (SSSR count). The quantitative estimate of drug-likeness (QED) is 0.762. The number of likely N-dealkylation sites (N-methyl/N-ethyl adjacent to an activating group) is 1. The first kappa shape index (κ1) is 13.8. The molecule has 0 amide bonds. The minimum atomic E-state index is -2.41. The third-order valence-corrected chi connectivity index (χ3v) is 2.27. The third-order valence-electron chi connectivity index (χ3n) is 2.27. The van der Waals surface area contributed by atoms with Crippen molar-refractivity contribution in [2.45, 2.75) is 32.6 Å². The zero-order chi connectivity index (χ0) is 11.0. The van der Waals surface area contributed by atoms with Crippen molar-refractivity contribution in [3.05, 3.63) is 0 Å². The molecule has 1 N–H and O–H groups in total. The van der Waals surface area contributed by atoms with Crippen molar-refractivity contribution in [2.24, 2.45) is 0 Å². The fourth-order valence-electron chi connectivity index (χ4n) is 1.37. The topological polar surface area (TPSA) is 15.3 Å². The lowest BCUT2D eigenvalue weighted by atomic mass is 10.1. The van der Waals surface area contributed by atoms with Crippen molar-refractivity contribution in [2.75, 3.05) is 33.2 Å². The molecule has 0 unspecified atom stereocenters. The minimum Gasteiger partial charge on any atom is -0.318 e. The van der Waals surface area contributed by atoms with Crippen molar-refractivity contribution in [1.29, 1.82) is 0 Å². The number of nitrogens with zero attached hydrogens (tertiary/aromatic N) is 1. The van der Waals surface area contributed by atoms with E-state index < -0.39 is 5.92 Å². The molecule has 0 saturated carbocycles. The van der Waals surface area contributed by atoms with Gasteiger partial charge in [-0.15, -0.1) is 0 Å². The van der Waals surface area contributed by atoms with Gasteiger partial charge in [-0.25, -0.2) is 8.78 Å². The van der Waals surface area contributed by atoms with Gasteiger partial charge in [0.05, 0.1) is 0 Å². The number of halogens is 2. The van der Waals surface area contributed by atoms with Crippen molar-refractivity contribution in [1.82, 2.24) is 10.2 Å². The summed E-state index contributed by atoms with van der Waals surface area (Å²) in [5.74, 6) is -2.41. The molecule has 0 aromatic rings. The lowest BCUT2D eigenvalue weighted by molar-refractivity contribution is -0.0546. The Labute approximate surface area is 85.7 Å². The van der Waals surface area contributed by atoms with Crippen molar-refractivity contribution < 1.29 is 8.78 Å². The van der Waals surface area contributed by atoms with E-state index in [1.807, 2.05) is 20.9 Å². The predicted molar refractivity (Wildman–Crippen MR) is 55.9 cm³/mol. The lowest BCUT2D eigenvalue weighted by Gasteiger charge is -2.31. The second kappa shape index (κ2) is 7.12. The van der Waals surface area contributed by atoms with Crippen LogP contribution in [0.5, 0.6) is 0 Å². The summed E-state index contributed by atoms with van der Waals surface area (Å²) in [6, 6.07) is 0. The second-order valence-electron chi connectivity index (χ2n) is 3.30. The molecule has 0 bridgehead atoms. The van der Waals surface area contributed by atoms with E-state index in [2.05, 4.69) is 10.2 Å². The predicted octanol–water partition coefficient (Wildman–Crippen LogP) is 1.96. The summed E-state index contributed by atoms with van der Waals surface area (Å²) in [5, 5.41) is 3.01. The summed E-state index contributed by atoms with van der Waals surface area (Å²) >= 11 is 0. The van der Waals surface area contributed by atoms with Crippen LogP contribution in [0.1, 0.15) is 26.7 Å². The molecule has 1 aliphatic heterocycles. The zero-order valence-electron chi connectivity index (χ0n) is 9.45. The van der Waals surface area contributed by atoms with Crippen LogP contribution in [0.15, 0.2) is 0 Å². The number of alkyl halides is 2. The van der Waals surface area contributed by atoms with E-state index in [1.54, 1.807) is 0 Å². The Hall–Kier alpha value is -0.220. The fraction of sp³-hybridized carbons (Fsp3) is 1.00. The molecule has 86 valence electrons. The van der Waals surface area contributed by atoms with Gasteiger partial charge in [-0.1, -0.05) is 13.8 Å². The SMILES string of the molecule is CC.CNCCN1CCC(F)(F)CC1. The standard InChI is InChI=1S/C8H16F2N2.C2H6/c1-11-4-7-12-5-2-8(9,10)3-6-12;1-2/h11H,2-7H2,1H3;1-2H3. The number of hydrogen-bond donors (Lipinski definition) is 1. The molecule has 1 aliphatic rings. The average Bonchev–Trinajstić information content (AvgIpc) is 2.19. The maximum absolute atomic E-state index is 12.7. The number of nitrogens with one attached hydrogen (secondary N) is 1. The van der Waals surface area contributed by atoms with E-state index in [0.29, 0.717) is 13.1 Å². The van der Waals surface area contributed by atoms with Crippen LogP contribution in [0.3, 0.4) is 0 Å². The average molecular weight is 208 g/mol. The van der Waals surface area contributed by atoms with Gasteiger partial charge in [-0.3, -0.25) is 0 Å². The Balaban J connectivity index is 0.000000791. The van der Waals surface area contributed by atoms with Gasteiger partial charge in [-0.05, 0) is 7.05 Å². The van der Waals surface area contributed by atoms with E-state index >= 15 is 0 Å². The first-order chi connectivity index (χ1) is 6.64. The van der Waals surface area contributed by atoms with Gasteiger partial charge in [0.2, 0.25) is 0 Å². The molecule has 2 nitrogen and oxygen atoms in total. The maximum Gasteiger partial charge on any atom is 0.250 e. The molecule has 0 atom stereocenters. The summed E-state index contributed by atoms with van der Waals surface area (Å²) in [6.07, 6.45) is 0.0490. The highest BCUT2D eigenvalue weighted by atomic mass is 19.3. The maximum atomic E-state index is 12.7. The van der Waals surface area contributed by atoms with Crippen molar-refractivity contribution in [3.63, 3.8) is 0 Å². The normalized spacial score (nSPS) is 21.2. The molecule has 4 heteroatoms. The van der Waals surface area contributed by atoms with Crippen LogP contribution in [0, 0.1) is 0 Å². The molecule has 0 aromatic heterocycles. The monoisotopic (exact) mass is 208 g/mol. The Morgan fingerprint density at radius 1 is 1.21 bits per heavy atom. The van der Waals surface area contributed by atoms with Crippen molar-refractivity contribution in [3.8, 4) is 0 Å². The molecular formula is C10H22F2N2. The summed E-state index contributed by atoms with van der Waals surface area (Å²) in [7, 11) is 1.87. The van der Waals surface area contributed by atoms with Crippen LogP contribution in [0.2, 0.25) is 0 Å². The zero-order valence-corrected chi connectivity index (χ0v) is 9.45. The van der Waals surface area contributed by atoms with Gasteiger partial charge in [-0.2, -0.15) is 0 Å². The molecule has 1 fully saturated rings. The van der Waals surface area contributed by atoms with E-state index in [4.69, 9.17) is 0 Å². The largest absolute Gasteiger partial charge is 0.318 e. The first-order valence-electron chi connectivity index (χ1n) is 5.39. The molecule has 0 aliphatic carbocycles. The number of rotatable bonds is 3. The van der Waals surface area contributed by atoms with Gasteiger partial charge >= 0.3 is 0 Å².